The Morgan fingerprint density at radius 2 is 1.82 bits per heavy atom. The molecule has 1 atom stereocenters. The topological polar surface area (TPSA) is 51.9 Å². The van der Waals surface area contributed by atoms with E-state index in [0.717, 1.165) is 50.0 Å². The fourth-order valence-corrected chi connectivity index (χ4v) is 3.70. The summed E-state index contributed by atoms with van der Waals surface area (Å²) in [6, 6.07) is 12.1. The first-order valence-corrected chi connectivity index (χ1v) is 10.4. The van der Waals surface area contributed by atoms with Crippen LogP contribution in [0.2, 0.25) is 0 Å². The van der Waals surface area contributed by atoms with Gasteiger partial charge in [0.1, 0.15) is 11.9 Å². The Morgan fingerprint density at radius 3 is 2.54 bits per heavy atom. The van der Waals surface area contributed by atoms with Gasteiger partial charge in [0.05, 0.1) is 11.0 Å². The Morgan fingerprint density at radius 1 is 1.07 bits per heavy atom. The minimum atomic E-state index is -0.116. The van der Waals surface area contributed by atoms with Crippen LogP contribution in [0.15, 0.2) is 48.8 Å². The molecule has 0 radical (unpaired) electrons. The maximum absolute atomic E-state index is 12.6. The summed E-state index contributed by atoms with van der Waals surface area (Å²) in [6.45, 7) is 5.05. The molecule has 0 aliphatic heterocycles. The molecule has 0 aliphatic carbocycles. The molecule has 5 nitrogen and oxygen atoms in total. The molecule has 1 N–H and O–H groups in total. The van der Waals surface area contributed by atoms with Crippen molar-refractivity contribution in [3.63, 3.8) is 0 Å². The van der Waals surface area contributed by atoms with Crippen molar-refractivity contribution in [1.29, 1.82) is 0 Å². The molecule has 0 fully saturated rings. The first kappa shape index (κ1) is 20.2. The number of para-hydroxylation sites is 2. The Kier molecular flexibility index (Phi) is 6.90. The summed E-state index contributed by atoms with van der Waals surface area (Å²) in [5.74, 6) is 1.74. The number of aryl methyl sites for hydroxylation is 2. The van der Waals surface area contributed by atoms with Gasteiger partial charge in [0, 0.05) is 32.4 Å². The van der Waals surface area contributed by atoms with Crippen molar-refractivity contribution in [3.8, 4) is 0 Å². The predicted octanol–water partition coefficient (Wildman–Crippen LogP) is 4.49. The molecule has 1 amide bonds. The van der Waals surface area contributed by atoms with Crippen molar-refractivity contribution < 1.29 is 4.79 Å². The van der Waals surface area contributed by atoms with Crippen LogP contribution in [-0.2, 0) is 18.3 Å². The highest BCUT2D eigenvalue weighted by Gasteiger charge is 2.20. The first-order chi connectivity index (χ1) is 13.6. The summed E-state index contributed by atoms with van der Waals surface area (Å²) in [7, 11) is 2.08. The molecule has 2 aromatic heterocycles. The number of fused-ring (bicyclic) bond motifs is 1. The van der Waals surface area contributed by atoms with Crippen LogP contribution in [0.4, 0.5) is 0 Å². The highest BCUT2D eigenvalue weighted by Crippen LogP contribution is 2.18. The average molecular weight is 381 g/mol. The summed E-state index contributed by atoms with van der Waals surface area (Å²) in [5.41, 5.74) is 2.25. The van der Waals surface area contributed by atoms with Crippen molar-refractivity contribution in [2.24, 2.45) is 13.0 Å². The van der Waals surface area contributed by atoms with E-state index < -0.39 is 0 Å². The van der Waals surface area contributed by atoms with Crippen molar-refractivity contribution >= 4 is 16.9 Å². The smallest absolute Gasteiger partial charge is 0.243 e. The van der Waals surface area contributed by atoms with Crippen molar-refractivity contribution in [1.82, 2.24) is 19.4 Å². The number of carbonyl (C=O) groups excluding carboxylic acids is 1. The van der Waals surface area contributed by atoms with Gasteiger partial charge >= 0.3 is 0 Å². The van der Waals surface area contributed by atoms with Gasteiger partial charge < -0.3 is 14.5 Å². The lowest BCUT2D eigenvalue weighted by Gasteiger charge is -2.20. The molecular weight excluding hydrogens is 348 g/mol. The zero-order chi connectivity index (χ0) is 19.9. The number of benzene rings is 1. The van der Waals surface area contributed by atoms with Crippen molar-refractivity contribution in [3.05, 3.63) is 54.6 Å². The Bertz CT molecular complexity index is 879. The molecule has 3 aromatic rings. The SMILES string of the molecule is CC(C)C[C@H](C(=O)NCCCCCc1nc2ccccc2n1C)n1cccc1. The van der Waals surface area contributed by atoms with E-state index in [2.05, 4.69) is 49.0 Å². The molecule has 0 aliphatic rings. The monoisotopic (exact) mass is 380 g/mol. The molecule has 0 unspecified atom stereocenters. The second kappa shape index (κ2) is 9.58. The highest BCUT2D eigenvalue weighted by atomic mass is 16.2. The molecule has 0 saturated heterocycles. The van der Waals surface area contributed by atoms with E-state index in [1.165, 1.54) is 5.52 Å². The van der Waals surface area contributed by atoms with Gasteiger partial charge in [-0.3, -0.25) is 4.79 Å². The van der Waals surface area contributed by atoms with Gasteiger partial charge in [-0.15, -0.1) is 0 Å². The first-order valence-electron chi connectivity index (χ1n) is 10.4. The Labute approximate surface area is 167 Å². The Hall–Kier alpha value is -2.56. The quantitative estimate of drug-likeness (QED) is 0.527. The molecule has 0 spiro atoms. The van der Waals surface area contributed by atoms with Gasteiger partial charge in [0.2, 0.25) is 5.91 Å². The van der Waals surface area contributed by atoms with Crippen LogP contribution in [0.25, 0.3) is 11.0 Å². The van der Waals surface area contributed by atoms with Gasteiger partial charge in [-0.2, -0.15) is 0 Å². The summed E-state index contributed by atoms with van der Waals surface area (Å²) in [6.07, 6.45) is 8.94. The number of rotatable bonds is 10. The van der Waals surface area contributed by atoms with Crippen LogP contribution in [0.5, 0.6) is 0 Å². The minimum Gasteiger partial charge on any atom is -0.354 e. The molecule has 0 saturated carbocycles. The number of hydrogen-bond donors (Lipinski definition) is 1. The third kappa shape index (κ3) is 5.03. The summed E-state index contributed by atoms with van der Waals surface area (Å²) >= 11 is 0. The molecule has 0 bridgehead atoms. The molecule has 28 heavy (non-hydrogen) atoms. The van der Waals surface area contributed by atoms with E-state index in [4.69, 9.17) is 4.98 Å². The fraction of sp³-hybridized carbons (Fsp3) is 0.478. The molecular formula is C23H32N4O. The van der Waals surface area contributed by atoms with E-state index in [9.17, 15) is 4.79 Å². The van der Waals surface area contributed by atoms with Crippen molar-refractivity contribution in [2.75, 3.05) is 6.54 Å². The lowest BCUT2D eigenvalue weighted by atomic mass is 10.0. The molecule has 5 heteroatoms. The number of hydrogen-bond acceptors (Lipinski definition) is 2. The third-order valence-corrected chi connectivity index (χ3v) is 5.24. The zero-order valence-corrected chi connectivity index (χ0v) is 17.3. The lowest BCUT2D eigenvalue weighted by molar-refractivity contribution is -0.124. The number of carbonyl (C=O) groups is 1. The third-order valence-electron chi connectivity index (χ3n) is 5.24. The van der Waals surface area contributed by atoms with Gasteiger partial charge in [0.15, 0.2) is 0 Å². The largest absolute Gasteiger partial charge is 0.354 e. The highest BCUT2D eigenvalue weighted by molar-refractivity contribution is 5.80. The van der Waals surface area contributed by atoms with E-state index in [0.29, 0.717) is 5.92 Å². The summed E-state index contributed by atoms with van der Waals surface area (Å²) in [4.78, 5) is 17.4. The van der Waals surface area contributed by atoms with Crippen LogP contribution in [0.1, 0.15) is 51.4 Å². The zero-order valence-electron chi connectivity index (χ0n) is 17.3. The van der Waals surface area contributed by atoms with Crippen LogP contribution < -0.4 is 5.32 Å². The standard InChI is InChI=1S/C23H32N4O/c1-18(2)17-21(27-15-9-10-16-27)23(28)24-14-8-4-5-13-22-25-19-11-6-7-12-20(19)26(22)3/h6-7,9-12,15-16,18,21H,4-5,8,13-14,17H2,1-3H3,(H,24,28)/t21-/m1/s1. The second-order valence-electron chi connectivity index (χ2n) is 7.95. The van der Waals surface area contributed by atoms with Gasteiger partial charge in [0.25, 0.3) is 0 Å². The number of nitrogens with one attached hydrogen (secondary N) is 1. The van der Waals surface area contributed by atoms with Crippen LogP contribution in [0.3, 0.4) is 0 Å². The molecule has 2 heterocycles. The summed E-state index contributed by atoms with van der Waals surface area (Å²) in [5, 5.41) is 3.13. The maximum Gasteiger partial charge on any atom is 0.243 e. The molecule has 150 valence electrons. The maximum atomic E-state index is 12.6. The minimum absolute atomic E-state index is 0.116. The Balaban J connectivity index is 1.41. The predicted molar refractivity (Wildman–Crippen MR) is 114 cm³/mol. The average Bonchev–Trinajstić information content (AvgIpc) is 3.31. The number of aromatic nitrogens is 3. The van der Waals surface area contributed by atoms with E-state index in [1.807, 2.05) is 35.2 Å². The second-order valence-corrected chi connectivity index (χ2v) is 7.95. The molecule has 1 aromatic carbocycles. The van der Waals surface area contributed by atoms with E-state index in [1.54, 1.807) is 0 Å². The number of imidazole rings is 1. The fourth-order valence-electron chi connectivity index (χ4n) is 3.70. The number of unbranched alkanes of at least 4 members (excludes halogenated alkanes) is 2. The van der Waals surface area contributed by atoms with Crippen LogP contribution in [-0.4, -0.2) is 26.6 Å². The van der Waals surface area contributed by atoms with E-state index in [-0.39, 0.29) is 11.9 Å². The number of amides is 1. The van der Waals surface area contributed by atoms with Gasteiger partial charge in [-0.05, 0) is 49.4 Å². The van der Waals surface area contributed by atoms with Crippen molar-refractivity contribution in [2.45, 2.75) is 52.0 Å². The van der Waals surface area contributed by atoms with E-state index >= 15 is 0 Å². The van der Waals surface area contributed by atoms with Gasteiger partial charge in [-0.1, -0.05) is 32.4 Å². The van der Waals surface area contributed by atoms with Crippen LogP contribution >= 0.6 is 0 Å². The normalized spacial score (nSPS) is 12.6. The molecule has 3 rings (SSSR count). The number of nitrogens with zero attached hydrogens (tertiary/aromatic N) is 3. The summed E-state index contributed by atoms with van der Waals surface area (Å²) < 4.78 is 4.20. The van der Waals surface area contributed by atoms with Gasteiger partial charge in [-0.25, -0.2) is 4.98 Å². The van der Waals surface area contributed by atoms with Crippen LogP contribution in [0, 0.1) is 5.92 Å². The lowest BCUT2D eigenvalue weighted by Crippen LogP contribution is -2.33.